The minimum Gasteiger partial charge on any atom is -0.481 e. The maximum Gasteiger partial charge on any atom is 0.306 e. The predicted molar refractivity (Wildman–Crippen MR) is 63.1 cm³/mol. The van der Waals surface area contributed by atoms with Crippen LogP contribution in [-0.4, -0.2) is 16.0 Å². The molecule has 0 aliphatic carbocycles. The minimum atomic E-state index is -0.862. The summed E-state index contributed by atoms with van der Waals surface area (Å²) in [6.07, 6.45) is 0.384. The third-order valence-electron chi connectivity index (χ3n) is 2.70. The van der Waals surface area contributed by atoms with E-state index in [2.05, 4.69) is 0 Å². The number of nitro benzene ring substituents is 1. The third kappa shape index (κ3) is 3.03. The van der Waals surface area contributed by atoms with E-state index in [4.69, 9.17) is 5.11 Å². The molecule has 1 unspecified atom stereocenters. The van der Waals surface area contributed by atoms with Crippen LogP contribution in [0.25, 0.3) is 0 Å². The minimum absolute atomic E-state index is 0.108. The van der Waals surface area contributed by atoms with Gasteiger partial charge in [-0.3, -0.25) is 14.9 Å². The van der Waals surface area contributed by atoms with Crippen LogP contribution in [0.2, 0.25) is 0 Å². The summed E-state index contributed by atoms with van der Waals surface area (Å²) in [4.78, 5) is 21.1. The Bertz CT molecular complexity index is 445. The zero-order valence-corrected chi connectivity index (χ0v) is 10.1. The zero-order valence-electron chi connectivity index (χ0n) is 10.1. The summed E-state index contributed by atoms with van der Waals surface area (Å²) < 4.78 is 0. The lowest BCUT2D eigenvalue weighted by Gasteiger charge is -2.09. The number of aliphatic carboxylic acids is 1. The fraction of sp³-hybridized carbons (Fsp3) is 0.417. The van der Waals surface area contributed by atoms with E-state index in [-0.39, 0.29) is 5.69 Å². The molecule has 0 fully saturated rings. The summed E-state index contributed by atoms with van der Waals surface area (Å²) in [6.45, 7) is 4.95. The Kier molecular flexibility index (Phi) is 3.83. The maximum atomic E-state index is 10.8. The molecule has 0 saturated carbocycles. The smallest absolute Gasteiger partial charge is 0.306 e. The molecule has 1 rings (SSSR count). The van der Waals surface area contributed by atoms with E-state index in [9.17, 15) is 14.9 Å². The number of carbonyl (C=O) groups is 1. The molecule has 0 bridgehead atoms. The van der Waals surface area contributed by atoms with Crippen molar-refractivity contribution in [3.63, 3.8) is 0 Å². The van der Waals surface area contributed by atoms with E-state index >= 15 is 0 Å². The molecule has 0 aromatic heterocycles. The van der Waals surface area contributed by atoms with Crippen molar-refractivity contribution in [1.82, 2.24) is 0 Å². The molecule has 1 N–H and O–H groups in total. The van der Waals surface area contributed by atoms with Crippen LogP contribution in [0.4, 0.5) is 5.69 Å². The summed E-state index contributed by atoms with van der Waals surface area (Å²) in [6, 6.07) is 3.37. The Morgan fingerprint density at radius 2 is 1.88 bits per heavy atom. The number of carboxylic acid groups (broad SMARTS) is 1. The van der Waals surface area contributed by atoms with Crippen LogP contribution in [0.3, 0.4) is 0 Å². The molecular formula is C12H15NO4. The number of aryl methyl sites for hydroxylation is 2. The SMILES string of the molecule is Cc1cc(CC(C)C(=O)O)cc(C)c1[N+](=O)[O-]. The molecule has 0 aliphatic heterocycles. The molecular weight excluding hydrogens is 222 g/mol. The Morgan fingerprint density at radius 1 is 1.41 bits per heavy atom. The van der Waals surface area contributed by atoms with E-state index in [1.165, 1.54) is 0 Å². The van der Waals surface area contributed by atoms with Crippen molar-refractivity contribution in [2.75, 3.05) is 0 Å². The van der Waals surface area contributed by atoms with Crippen LogP contribution < -0.4 is 0 Å². The Morgan fingerprint density at radius 3 is 2.24 bits per heavy atom. The van der Waals surface area contributed by atoms with Crippen LogP contribution in [0.1, 0.15) is 23.6 Å². The molecule has 17 heavy (non-hydrogen) atoms. The highest BCUT2D eigenvalue weighted by atomic mass is 16.6. The number of rotatable bonds is 4. The van der Waals surface area contributed by atoms with E-state index in [0.29, 0.717) is 17.5 Å². The largest absolute Gasteiger partial charge is 0.481 e. The van der Waals surface area contributed by atoms with Crippen molar-refractivity contribution in [2.24, 2.45) is 5.92 Å². The molecule has 0 saturated heterocycles. The van der Waals surface area contributed by atoms with E-state index in [0.717, 1.165) is 5.56 Å². The summed E-state index contributed by atoms with van der Waals surface area (Å²) in [5.74, 6) is -1.35. The van der Waals surface area contributed by atoms with Gasteiger partial charge in [-0.1, -0.05) is 6.92 Å². The van der Waals surface area contributed by atoms with Crippen molar-refractivity contribution in [3.05, 3.63) is 38.9 Å². The van der Waals surface area contributed by atoms with Crippen molar-refractivity contribution in [3.8, 4) is 0 Å². The first-order valence-corrected chi connectivity index (χ1v) is 5.30. The van der Waals surface area contributed by atoms with Gasteiger partial charge < -0.3 is 5.11 Å². The molecule has 0 spiro atoms. The van der Waals surface area contributed by atoms with Crippen LogP contribution >= 0.6 is 0 Å². The Labute approximate surface area is 99.2 Å². The van der Waals surface area contributed by atoms with Gasteiger partial charge in [0.1, 0.15) is 0 Å². The maximum absolute atomic E-state index is 10.8. The lowest BCUT2D eigenvalue weighted by molar-refractivity contribution is -0.386. The van der Waals surface area contributed by atoms with E-state index < -0.39 is 16.8 Å². The monoisotopic (exact) mass is 237 g/mol. The summed E-state index contributed by atoms with van der Waals surface area (Å²) in [5.41, 5.74) is 2.07. The van der Waals surface area contributed by atoms with Crippen LogP contribution in [0, 0.1) is 29.9 Å². The number of hydrogen-bond donors (Lipinski definition) is 1. The summed E-state index contributed by atoms with van der Waals surface area (Å²) >= 11 is 0. The van der Waals surface area contributed by atoms with Crippen LogP contribution in [0.15, 0.2) is 12.1 Å². The molecule has 1 aromatic rings. The first-order chi connectivity index (χ1) is 7.82. The molecule has 0 aliphatic rings. The second-order valence-corrected chi connectivity index (χ2v) is 4.28. The van der Waals surface area contributed by atoms with Gasteiger partial charge in [0.25, 0.3) is 5.69 Å². The number of nitro groups is 1. The molecule has 1 aromatic carbocycles. The van der Waals surface area contributed by atoms with Gasteiger partial charge in [-0.05, 0) is 38.0 Å². The third-order valence-corrected chi connectivity index (χ3v) is 2.70. The van der Waals surface area contributed by atoms with Gasteiger partial charge in [-0.2, -0.15) is 0 Å². The predicted octanol–water partition coefficient (Wildman–Crippen LogP) is 2.47. The lowest BCUT2D eigenvalue weighted by atomic mass is 9.97. The average Bonchev–Trinajstić information content (AvgIpc) is 2.15. The van der Waals surface area contributed by atoms with Crippen molar-refractivity contribution in [1.29, 1.82) is 0 Å². The molecule has 92 valence electrons. The number of nitrogens with zero attached hydrogens (tertiary/aromatic N) is 1. The van der Waals surface area contributed by atoms with Gasteiger partial charge in [-0.15, -0.1) is 0 Å². The first kappa shape index (κ1) is 13.2. The summed E-state index contributed by atoms with van der Waals surface area (Å²) in [7, 11) is 0. The zero-order chi connectivity index (χ0) is 13.2. The molecule has 5 heteroatoms. The standard InChI is InChI=1S/C12H15NO4/c1-7-4-10(6-9(3)12(14)15)5-8(2)11(7)13(16)17/h4-5,9H,6H2,1-3H3,(H,14,15). The number of hydrogen-bond acceptors (Lipinski definition) is 3. The Balaban J connectivity index is 3.06. The second kappa shape index (κ2) is 4.95. The Hall–Kier alpha value is -1.91. The molecule has 0 heterocycles. The van der Waals surface area contributed by atoms with Gasteiger partial charge in [0.05, 0.1) is 10.8 Å². The molecule has 0 amide bonds. The molecule has 0 radical (unpaired) electrons. The number of carboxylic acids is 1. The summed E-state index contributed by atoms with van der Waals surface area (Å²) in [5, 5.41) is 19.6. The van der Waals surface area contributed by atoms with Gasteiger partial charge in [0.15, 0.2) is 0 Å². The second-order valence-electron chi connectivity index (χ2n) is 4.28. The highest BCUT2D eigenvalue weighted by Gasteiger charge is 2.18. The van der Waals surface area contributed by atoms with Gasteiger partial charge in [0, 0.05) is 11.1 Å². The van der Waals surface area contributed by atoms with Gasteiger partial charge >= 0.3 is 5.97 Å². The van der Waals surface area contributed by atoms with Crippen molar-refractivity contribution < 1.29 is 14.8 Å². The first-order valence-electron chi connectivity index (χ1n) is 5.30. The van der Waals surface area contributed by atoms with Crippen LogP contribution in [0.5, 0.6) is 0 Å². The number of benzene rings is 1. The lowest BCUT2D eigenvalue weighted by Crippen LogP contribution is -2.12. The highest BCUT2D eigenvalue weighted by molar-refractivity contribution is 5.70. The molecule has 1 atom stereocenters. The molecule has 5 nitrogen and oxygen atoms in total. The van der Waals surface area contributed by atoms with Gasteiger partial charge in [-0.25, -0.2) is 0 Å². The van der Waals surface area contributed by atoms with E-state index in [1.807, 2.05) is 0 Å². The fourth-order valence-electron chi connectivity index (χ4n) is 1.89. The quantitative estimate of drug-likeness (QED) is 0.644. The normalized spacial score (nSPS) is 12.2. The van der Waals surface area contributed by atoms with Crippen molar-refractivity contribution in [2.45, 2.75) is 27.2 Å². The van der Waals surface area contributed by atoms with Crippen LogP contribution in [-0.2, 0) is 11.2 Å². The fourth-order valence-corrected chi connectivity index (χ4v) is 1.89. The topological polar surface area (TPSA) is 80.4 Å². The van der Waals surface area contributed by atoms with Gasteiger partial charge in [0.2, 0.25) is 0 Å². The highest BCUT2D eigenvalue weighted by Crippen LogP contribution is 2.25. The van der Waals surface area contributed by atoms with Crippen molar-refractivity contribution >= 4 is 11.7 Å². The average molecular weight is 237 g/mol. The van der Waals surface area contributed by atoms with E-state index in [1.54, 1.807) is 32.9 Å².